The van der Waals surface area contributed by atoms with Gasteiger partial charge in [0.15, 0.2) is 6.61 Å². The van der Waals surface area contributed by atoms with Crippen LogP contribution < -0.4 is 10.5 Å². The molecule has 1 aromatic heterocycles. The molecule has 4 rings (SSSR count). The van der Waals surface area contributed by atoms with Gasteiger partial charge in [-0.1, -0.05) is 54.0 Å². The van der Waals surface area contributed by atoms with Crippen molar-refractivity contribution in [2.75, 3.05) is 6.61 Å². The van der Waals surface area contributed by atoms with Gasteiger partial charge in [-0.25, -0.2) is 4.79 Å². The lowest BCUT2D eigenvalue weighted by Gasteiger charge is -2.14. The third kappa shape index (κ3) is 3.96. The van der Waals surface area contributed by atoms with Crippen molar-refractivity contribution in [3.63, 3.8) is 0 Å². The second-order valence-electron chi connectivity index (χ2n) is 7.99. The molecular formula is C25H23BrN2O4. The molecule has 0 aliphatic carbocycles. The number of hydrogen-bond acceptors (Lipinski definition) is 3. The monoisotopic (exact) mass is 494 g/mol. The van der Waals surface area contributed by atoms with Gasteiger partial charge in [-0.15, -0.1) is 0 Å². The second-order valence-corrected chi connectivity index (χ2v) is 8.85. The summed E-state index contributed by atoms with van der Waals surface area (Å²) in [5.41, 5.74) is 9.85. The van der Waals surface area contributed by atoms with Crippen LogP contribution in [0.2, 0.25) is 0 Å². The number of ether oxygens (including phenoxy) is 1. The summed E-state index contributed by atoms with van der Waals surface area (Å²) in [6.07, 6.45) is 0. The average Bonchev–Trinajstić information content (AvgIpc) is 3.07. The van der Waals surface area contributed by atoms with Crippen LogP contribution in [-0.4, -0.2) is 28.2 Å². The number of halogens is 1. The molecule has 0 radical (unpaired) electrons. The summed E-state index contributed by atoms with van der Waals surface area (Å²) < 4.78 is 8.82. The molecule has 0 saturated heterocycles. The molecule has 3 N–H and O–H groups in total. The number of carboxylic acid groups (broad SMARTS) is 1. The van der Waals surface area contributed by atoms with Crippen LogP contribution in [-0.2, 0) is 11.3 Å². The third-order valence-corrected chi connectivity index (χ3v) is 6.32. The largest absolute Gasteiger partial charge is 0.481 e. The highest BCUT2D eigenvalue weighted by molar-refractivity contribution is 9.10. The van der Waals surface area contributed by atoms with Gasteiger partial charge in [-0.05, 0) is 47.4 Å². The Morgan fingerprint density at radius 1 is 1.06 bits per heavy atom. The van der Waals surface area contributed by atoms with Crippen LogP contribution in [0.3, 0.4) is 0 Å². The Kier molecular flexibility index (Phi) is 5.93. The Balaban J connectivity index is 2.11. The smallest absolute Gasteiger partial charge is 0.341 e. The highest BCUT2D eigenvalue weighted by Gasteiger charge is 2.22. The zero-order valence-corrected chi connectivity index (χ0v) is 19.3. The molecule has 0 spiro atoms. The van der Waals surface area contributed by atoms with Crippen molar-refractivity contribution >= 4 is 49.6 Å². The molecule has 1 heterocycles. The van der Waals surface area contributed by atoms with Crippen molar-refractivity contribution in [2.45, 2.75) is 26.3 Å². The molecule has 0 saturated carbocycles. The van der Waals surface area contributed by atoms with Gasteiger partial charge in [0.2, 0.25) is 5.91 Å². The lowest BCUT2D eigenvalue weighted by atomic mass is 9.99. The van der Waals surface area contributed by atoms with Crippen LogP contribution in [0.1, 0.15) is 41.3 Å². The van der Waals surface area contributed by atoms with Gasteiger partial charge in [0, 0.05) is 22.0 Å². The predicted octanol–water partition coefficient (Wildman–Crippen LogP) is 5.29. The number of aromatic nitrogens is 1. The average molecular weight is 495 g/mol. The second kappa shape index (κ2) is 8.67. The maximum atomic E-state index is 12.3. The van der Waals surface area contributed by atoms with E-state index in [2.05, 4.69) is 40.4 Å². The third-order valence-electron chi connectivity index (χ3n) is 5.55. The molecule has 0 fully saturated rings. The quantitative estimate of drug-likeness (QED) is 0.364. The van der Waals surface area contributed by atoms with E-state index in [1.807, 2.05) is 36.4 Å². The number of amides is 1. The number of nitrogens with two attached hydrogens (primary N) is 1. The zero-order chi connectivity index (χ0) is 23.0. The number of rotatable bonds is 7. The SMILES string of the molecule is CC(C)c1cc(OCC(=O)O)c2c3c(C(N)=O)cccc3n(Cc3ccccc3Br)c2c1. The molecule has 0 bridgehead atoms. The van der Waals surface area contributed by atoms with Crippen LogP contribution in [0.5, 0.6) is 5.75 Å². The van der Waals surface area contributed by atoms with Crippen molar-refractivity contribution in [2.24, 2.45) is 5.73 Å². The van der Waals surface area contributed by atoms with E-state index in [9.17, 15) is 14.7 Å². The minimum atomic E-state index is -1.07. The minimum absolute atomic E-state index is 0.192. The summed E-state index contributed by atoms with van der Waals surface area (Å²) >= 11 is 3.62. The zero-order valence-electron chi connectivity index (χ0n) is 17.8. The highest BCUT2D eigenvalue weighted by Crippen LogP contribution is 2.40. The summed E-state index contributed by atoms with van der Waals surface area (Å²) in [6.45, 7) is 4.20. The number of carboxylic acids is 1. The standard InChI is InChI=1S/C25H23BrN2O4/c1-14(2)16-10-20-24(21(11-16)32-13-22(29)30)23-17(25(27)31)7-5-9-19(23)28(20)12-15-6-3-4-8-18(15)26/h3-11,14H,12-13H2,1-2H3,(H2,27,31)(H,29,30). The fraction of sp³-hybridized carbons (Fsp3) is 0.200. The van der Waals surface area contributed by atoms with Gasteiger partial charge in [0.05, 0.1) is 16.4 Å². The number of hydrogen-bond donors (Lipinski definition) is 2. The molecule has 0 atom stereocenters. The summed E-state index contributed by atoms with van der Waals surface area (Å²) in [7, 11) is 0. The Labute approximate surface area is 193 Å². The molecule has 0 aliphatic rings. The molecular weight excluding hydrogens is 472 g/mol. The highest BCUT2D eigenvalue weighted by atomic mass is 79.9. The van der Waals surface area contributed by atoms with Crippen LogP contribution in [0, 0.1) is 0 Å². The summed E-state index contributed by atoms with van der Waals surface area (Å²) in [5, 5.41) is 10.6. The lowest BCUT2D eigenvalue weighted by Crippen LogP contribution is -2.12. The molecule has 7 heteroatoms. The van der Waals surface area contributed by atoms with Crippen LogP contribution in [0.15, 0.2) is 59.1 Å². The Bertz CT molecular complexity index is 1360. The van der Waals surface area contributed by atoms with Crippen molar-refractivity contribution in [1.29, 1.82) is 0 Å². The van der Waals surface area contributed by atoms with E-state index < -0.39 is 18.5 Å². The Morgan fingerprint density at radius 3 is 2.47 bits per heavy atom. The van der Waals surface area contributed by atoms with Gasteiger partial charge < -0.3 is 20.1 Å². The van der Waals surface area contributed by atoms with Gasteiger partial charge in [0.1, 0.15) is 5.75 Å². The van der Waals surface area contributed by atoms with Crippen molar-refractivity contribution in [3.05, 3.63) is 75.8 Å². The predicted molar refractivity (Wildman–Crippen MR) is 128 cm³/mol. The first-order valence-corrected chi connectivity index (χ1v) is 11.0. The van der Waals surface area contributed by atoms with Crippen LogP contribution >= 0.6 is 15.9 Å². The Hall–Kier alpha value is -3.32. The number of aliphatic carboxylic acids is 1. The number of nitrogens with zero attached hydrogens (tertiary/aromatic N) is 1. The van der Waals surface area contributed by atoms with Gasteiger partial charge >= 0.3 is 5.97 Å². The first-order valence-electron chi connectivity index (χ1n) is 10.2. The van der Waals surface area contributed by atoms with E-state index in [1.54, 1.807) is 12.1 Å². The first kappa shape index (κ1) is 21.9. The topological polar surface area (TPSA) is 94.6 Å². The van der Waals surface area contributed by atoms with Crippen molar-refractivity contribution in [3.8, 4) is 5.75 Å². The van der Waals surface area contributed by atoms with E-state index in [1.165, 1.54) is 0 Å². The molecule has 6 nitrogen and oxygen atoms in total. The number of primary amides is 1. The van der Waals surface area contributed by atoms with Gasteiger partial charge in [0.25, 0.3) is 0 Å². The van der Waals surface area contributed by atoms with E-state index in [0.29, 0.717) is 28.6 Å². The number of fused-ring (bicyclic) bond motifs is 3. The maximum Gasteiger partial charge on any atom is 0.341 e. The first-order chi connectivity index (χ1) is 15.3. The summed E-state index contributed by atoms with van der Waals surface area (Å²) in [5.74, 6) is -0.997. The molecule has 32 heavy (non-hydrogen) atoms. The molecule has 164 valence electrons. The van der Waals surface area contributed by atoms with E-state index >= 15 is 0 Å². The fourth-order valence-corrected chi connectivity index (χ4v) is 4.41. The maximum absolute atomic E-state index is 12.3. The van der Waals surface area contributed by atoms with E-state index in [0.717, 1.165) is 26.6 Å². The number of carbonyl (C=O) groups excluding carboxylic acids is 1. The summed E-state index contributed by atoms with van der Waals surface area (Å²) in [4.78, 5) is 23.5. The fourth-order valence-electron chi connectivity index (χ4n) is 4.00. The van der Waals surface area contributed by atoms with Crippen LogP contribution in [0.4, 0.5) is 0 Å². The van der Waals surface area contributed by atoms with Gasteiger partial charge in [-0.2, -0.15) is 0 Å². The molecule has 1 amide bonds. The molecule has 0 unspecified atom stereocenters. The van der Waals surface area contributed by atoms with E-state index in [-0.39, 0.29) is 5.92 Å². The lowest BCUT2D eigenvalue weighted by molar-refractivity contribution is -0.139. The normalized spacial score (nSPS) is 11.4. The minimum Gasteiger partial charge on any atom is -0.481 e. The molecule has 3 aromatic carbocycles. The van der Waals surface area contributed by atoms with E-state index in [4.69, 9.17) is 10.5 Å². The molecule has 4 aromatic rings. The number of benzene rings is 3. The van der Waals surface area contributed by atoms with Gasteiger partial charge in [-0.3, -0.25) is 4.79 Å². The van der Waals surface area contributed by atoms with Crippen molar-refractivity contribution < 1.29 is 19.4 Å². The number of carbonyl (C=O) groups is 2. The molecule has 0 aliphatic heterocycles. The van der Waals surface area contributed by atoms with Crippen molar-refractivity contribution in [1.82, 2.24) is 4.57 Å². The summed E-state index contributed by atoms with van der Waals surface area (Å²) in [6, 6.07) is 17.3. The Morgan fingerprint density at radius 2 is 1.81 bits per heavy atom. The van der Waals surface area contributed by atoms with Crippen LogP contribution in [0.25, 0.3) is 21.8 Å².